The number of carbonyl (C=O) groups is 1. The fraction of sp³-hybridized carbons (Fsp3) is 0.333. The maximum atomic E-state index is 11.4. The van der Waals surface area contributed by atoms with E-state index in [2.05, 4.69) is 18.0 Å². The van der Waals surface area contributed by atoms with E-state index in [1.54, 1.807) is 12.1 Å². The van der Waals surface area contributed by atoms with Crippen molar-refractivity contribution in [2.24, 2.45) is 0 Å². The number of aromatic carboxylic acids is 1. The zero-order chi connectivity index (χ0) is 15.5. The zero-order valence-electron chi connectivity index (χ0n) is 12.7. The largest absolute Gasteiger partial charge is 0.478 e. The highest BCUT2D eigenvalue weighted by Crippen LogP contribution is 2.28. The van der Waals surface area contributed by atoms with Crippen LogP contribution in [0.5, 0.6) is 0 Å². The highest BCUT2D eigenvalue weighted by Gasteiger charge is 2.21. The maximum absolute atomic E-state index is 11.4. The minimum absolute atomic E-state index is 0.299. The topological polar surface area (TPSA) is 53.4 Å². The van der Waals surface area contributed by atoms with Gasteiger partial charge in [0.1, 0.15) is 0 Å². The van der Waals surface area contributed by atoms with Crippen molar-refractivity contribution in [2.45, 2.75) is 18.8 Å². The number of hydrogen-bond acceptors (Lipinski definition) is 3. The van der Waals surface area contributed by atoms with Gasteiger partial charge in [-0.05, 0) is 44.6 Å². The van der Waals surface area contributed by atoms with E-state index in [4.69, 9.17) is 4.98 Å². The van der Waals surface area contributed by atoms with Crippen molar-refractivity contribution in [3.63, 3.8) is 0 Å². The first-order valence-corrected chi connectivity index (χ1v) is 7.63. The Hall–Kier alpha value is -2.20. The smallest absolute Gasteiger partial charge is 0.336 e. The predicted octanol–water partition coefficient (Wildman–Crippen LogP) is 3.26. The van der Waals surface area contributed by atoms with Gasteiger partial charge in [-0.25, -0.2) is 4.79 Å². The summed E-state index contributed by atoms with van der Waals surface area (Å²) in [6, 6.07) is 13.0. The van der Waals surface area contributed by atoms with E-state index in [1.807, 2.05) is 24.3 Å². The summed E-state index contributed by atoms with van der Waals surface area (Å²) in [5, 5.41) is 9.35. The Balaban J connectivity index is 1.96. The monoisotopic (exact) mass is 296 g/mol. The van der Waals surface area contributed by atoms with Gasteiger partial charge in [-0.2, -0.15) is 0 Å². The molecule has 1 aromatic heterocycles. The van der Waals surface area contributed by atoms with Gasteiger partial charge in [0.15, 0.2) is 0 Å². The lowest BCUT2D eigenvalue weighted by Gasteiger charge is -2.29. The lowest BCUT2D eigenvalue weighted by atomic mass is 9.94. The molecule has 1 aliphatic rings. The predicted molar refractivity (Wildman–Crippen MR) is 86.1 cm³/mol. The summed E-state index contributed by atoms with van der Waals surface area (Å²) in [6.07, 6.45) is 2.32. The zero-order valence-corrected chi connectivity index (χ0v) is 12.7. The number of benzene rings is 1. The Morgan fingerprint density at radius 3 is 2.82 bits per heavy atom. The molecular weight excluding hydrogens is 276 g/mol. The molecule has 2 aromatic rings. The molecule has 0 spiro atoms. The lowest BCUT2D eigenvalue weighted by Crippen LogP contribution is -2.31. The quantitative estimate of drug-likeness (QED) is 0.944. The van der Waals surface area contributed by atoms with Crippen LogP contribution in [0.3, 0.4) is 0 Å². The SMILES string of the molecule is CN1CCCC(c2cccc(-c3ccccc3C(=O)O)n2)C1. The minimum atomic E-state index is -0.916. The molecular formula is C18H20N2O2. The Morgan fingerprint density at radius 2 is 2.05 bits per heavy atom. The molecule has 4 heteroatoms. The Labute approximate surface area is 130 Å². The molecule has 3 rings (SSSR count). The van der Waals surface area contributed by atoms with Crippen LogP contribution < -0.4 is 0 Å². The summed E-state index contributed by atoms with van der Waals surface area (Å²) >= 11 is 0. The number of aromatic nitrogens is 1. The second-order valence-electron chi connectivity index (χ2n) is 5.90. The Kier molecular flexibility index (Phi) is 4.20. The van der Waals surface area contributed by atoms with Gasteiger partial charge in [0.25, 0.3) is 0 Å². The van der Waals surface area contributed by atoms with Gasteiger partial charge in [-0.3, -0.25) is 4.98 Å². The number of piperidine rings is 1. The van der Waals surface area contributed by atoms with Crippen LogP contribution in [0, 0.1) is 0 Å². The van der Waals surface area contributed by atoms with Crippen LogP contribution in [0.25, 0.3) is 11.3 Å². The van der Waals surface area contributed by atoms with Crippen molar-refractivity contribution in [2.75, 3.05) is 20.1 Å². The number of pyridine rings is 1. The van der Waals surface area contributed by atoms with E-state index in [-0.39, 0.29) is 0 Å². The molecule has 0 bridgehead atoms. The van der Waals surface area contributed by atoms with Crippen LogP contribution >= 0.6 is 0 Å². The second-order valence-corrected chi connectivity index (χ2v) is 5.90. The first kappa shape index (κ1) is 14.7. The molecule has 1 fully saturated rings. The number of likely N-dealkylation sites (N-methyl/N-ethyl adjacent to an activating group) is 1. The second kappa shape index (κ2) is 6.28. The Bertz CT molecular complexity index is 684. The third kappa shape index (κ3) is 3.02. The third-order valence-electron chi connectivity index (χ3n) is 4.25. The molecule has 0 radical (unpaired) electrons. The van der Waals surface area contributed by atoms with Gasteiger partial charge in [0.2, 0.25) is 0 Å². The summed E-state index contributed by atoms with van der Waals surface area (Å²) in [4.78, 5) is 18.5. The Morgan fingerprint density at radius 1 is 1.23 bits per heavy atom. The van der Waals surface area contributed by atoms with Crippen molar-refractivity contribution in [3.05, 3.63) is 53.7 Å². The van der Waals surface area contributed by atoms with Gasteiger partial charge in [0, 0.05) is 23.7 Å². The van der Waals surface area contributed by atoms with Gasteiger partial charge >= 0.3 is 5.97 Å². The lowest BCUT2D eigenvalue weighted by molar-refractivity contribution is 0.0697. The van der Waals surface area contributed by atoms with Crippen molar-refractivity contribution in [1.29, 1.82) is 0 Å². The number of likely N-dealkylation sites (tertiary alicyclic amines) is 1. The van der Waals surface area contributed by atoms with Crippen LogP contribution in [0.4, 0.5) is 0 Å². The first-order valence-electron chi connectivity index (χ1n) is 7.63. The fourth-order valence-corrected chi connectivity index (χ4v) is 3.13. The van der Waals surface area contributed by atoms with E-state index in [1.165, 1.54) is 6.42 Å². The molecule has 1 atom stereocenters. The maximum Gasteiger partial charge on any atom is 0.336 e. The van der Waals surface area contributed by atoms with Crippen molar-refractivity contribution >= 4 is 5.97 Å². The first-order chi connectivity index (χ1) is 10.6. The molecule has 0 saturated carbocycles. The van der Waals surface area contributed by atoms with Gasteiger partial charge < -0.3 is 10.0 Å². The summed E-state index contributed by atoms with van der Waals surface area (Å²) in [5.74, 6) is -0.490. The molecule has 4 nitrogen and oxygen atoms in total. The van der Waals surface area contributed by atoms with E-state index in [0.29, 0.717) is 17.0 Å². The number of carboxylic acid groups (broad SMARTS) is 1. The molecule has 1 N–H and O–H groups in total. The molecule has 22 heavy (non-hydrogen) atoms. The van der Waals surface area contributed by atoms with E-state index in [9.17, 15) is 9.90 Å². The average molecular weight is 296 g/mol. The van der Waals surface area contributed by atoms with Crippen molar-refractivity contribution in [1.82, 2.24) is 9.88 Å². The van der Waals surface area contributed by atoms with Crippen molar-refractivity contribution < 1.29 is 9.90 Å². The molecule has 1 aromatic carbocycles. The molecule has 0 aliphatic carbocycles. The molecule has 1 aliphatic heterocycles. The number of rotatable bonds is 3. The summed E-state index contributed by atoms with van der Waals surface area (Å²) in [6.45, 7) is 2.15. The van der Waals surface area contributed by atoms with Crippen LogP contribution in [0.15, 0.2) is 42.5 Å². The standard InChI is InChI=1S/C18H20N2O2/c1-20-11-5-6-13(12-20)16-9-4-10-17(19-16)14-7-2-3-8-15(14)18(21)22/h2-4,7-10,13H,5-6,11-12H2,1H3,(H,21,22). The molecule has 114 valence electrons. The fourth-order valence-electron chi connectivity index (χ4n) is 3.13. The highest BCUT2D eigenvalue weighted by atomic mass is 16.4. The summed E-state index contributed by atoms with van der Waals surface area (Å²) in [7, 11) is 2.13. The van der Waals surface area contributed by atoms with Crippen LogP contribution in [0.1, 0.15) is 34.8 Å². The number of nitrogens with zero attached hydrogens (tertiary/aromatic N) is 2. The van der Waals surface area contributed by atoms with Crippen molar-refractivity contribution in [3.8, 4) is 11.3 Å². The van der Waals surface area contributed by atoms with Gasteiger partial charge in [-0.1, -0.05) is 24.3 Å². The molecule has 0 amide bonds. The number of carboxylic acids is 1. The van der Waals surface area contributed by atoms with Gasteiger partial charge in [-0.15, -0.1) is 0 Å². The third-order valence-corrected chi connectivity index (χ3v) is 4.25. The average Bonchev–Trinajstić information content (AvgIpc) is 2.55. The van der Waals surface area contributed by atoms with Crippen LogP contribution in [-0.2, 0) is 0 Å². The highest BCUT2D eigenvalue weighted by molar-refractivity contribution is 5.95. The van der Waals surface area contributed by atoms with Gasteiger partial charge in [0.05, 0.1) is 11.3 Å². The molecule has 1 unspecified atom stereocenters. The van der Waals surface area contributed by atoms with Crippen LogP contribution in [0.2, 0.25) is 0 Å². The minimum Gasteiger partial charge on any atom is -0.478 e. The van der Waals surface area contributed by atoms with E-state index < -0.39 is 5.97 Å². The number of hydrogen-bond donors (Lipinski definition) is 1. The van der Waals surface area contributed by atoms with E-state index >= 15 is 0 Å². The normalized spacial score (nSPS) is 19.0. The van der Waals surface area contributed by atoms with E-state index in [0.717, 1.165) is 30.9 Å². The summed E-state index contributed by atoms with van der Waals surface area (Å²) in [5.41, 5.74) is 2.78. The molecule has 2 heterocycles. The summed E-state index contributed by atoms with van der Waals surface area (Å²) < 4.78 is 0. The van der Waals surface area contributed by atoms with Crippen LogP contribution in [-0.4, -0.2) is 41.1 Å². The molecule has 1 saturated heterocycles.